The van der Waals surface area contributed by atoms with Crippen LogP contribution in [0.1, 0.15) is 102 Å². The van der Waals surface area contributed by atoms with Crippen LogP contribution >= 0.6 is 0 Å². The van der Waals surface area contributed by atoms with Gasteiger partial charge < -0.3 is 39.4 Å². The van der Waals surface area contributed by atoms with Gasteiger partial charge in [-0.3, -0.25) is 28.3 Å². The summed E-state index contributed by atoms with van der Waals surface area (Å²) in [6, 6.07) is 28.6. The molecule has 5 aromatic rings. The molecule has 0 saturated heterocycles. The molecular formula is C53H61N5O14S. The fourth-order valence-electron chi connectivity index (χ4n) is 7.47. The van der Waals surface area contributed by atoms with Gasteiger partial charge in [-0.25, -0.2) is 18.0 Å². The summed E-state index contributed by atoms with van der Waals surface area (Å²) in [7, 11) is -2.19. The average Bonchev–Trinajstić information content (AvgIpc) is 3.90. The Bertz CT molecular complexity index is 2770. The Morgan fingerprint density at radius 3 is 2.03 bits per heavy atom. The fraction of sp³-hybridized carbons (Fsp3) is 0.340. The number of carbonyl (C=O) groups is 7. The summed E-state index contributed by atoms with van der Waals surface area (Å²) in [6.07, 6.45) is 3.66. The minimum Gasteiger partial charge on any atom is -0.493 e. The van der Waals surface area contributed by atoms with Crippen molar-refractivity contribution in [2.75, 3.05) is 30.9 Å². The molecule has 0 spiro atoms. The molecule has 0 fully saturated rings. The SMILES string of the molecule is CCCCC[C@@H](C(=O)NCNC(=O)c1ccc(-c2ccc(C(=O)N[C@@H](CC(=O)OCc3ccccc3)C(=O)OCc3ccccc3)c(OCC)c2)o1)[C@@H](CC)N(C=O)OC(=O)c1ccc(N(C)S(C)(=O)=O)cc1. The van der Waals surface area contributed by atoms with E-state index < -0.39 is 70.1 Å². The number of hydroxylamine groups is 2. The normalized spacial score (nSPS) is 12.2. The number of furan rings is 1. The highest BCUT2D eigenvalue weighted by molar-refractivity contribution is 7.92. The van der Waals surface area contributed by atoms with Crippen LogP contribution in [0.5, 0.6) is 5.75 Å². The highest BCUT2D eigenvalue weighted by Crippen LogP contribution is 2.30. The molecule has 3 atom stereocenters. The van der Waals surface area contributed by atoms with E-state index in [9.17, 15) is 42.0 Å². The van der Waals surface area contributed by atoms with Gasteiger partial charge in [0.2, 0.25) is 22.3 Å². The molecule has 0 aliphatic carbocycles. The van der Waals surface area contributed by atoms with Crippen LogP contribution in [0, 0.1) is 5.92 Å². The molecule has 1 heterocycles. The van der Waals surface area contributed by atoms with E-state index in [0.29, 0.717) is 36.1 Å². The summed E-state index contributed by atoms with van der Waals surface area (Å²) >= 11 is 0. The molecular weight excluding hydrogens is 963 g/mol. The van der Waals surface area contributed by atoms with Crippen molar-refractivity contribution < 1.29 is 65.4 Å². The predicted octanol–water partition coefficient (Wildman–Crippen LogP) is 6.73. The van der Waals surface area contributed by atoms with Crippen LogP contribution in [-0.4, -0.2) is 94.2 Å². The maximum atomic E-state index is 13.8. The number of esters is 2. The number of hydrogen-bond acceptors (Lipinski definition) is 14. The van der Waals surface area contributed by atoms with Crippen LogP contribution in [-0.2, 0) is 56.7 Å². The van der Waals surface area contributed by atoms with Gasteiger partial charge in [-0.15, -0.1) is 0 Å². The maximum Gasteiger partial charge on any atom is 0.363 e. The lowest BCUT2D eigenvalue weighted by Crippen LogP contribution is -2.49. The van der Waals surface area contributed by atoms with E-state index in [4.69, 9.17) is 23.5 Å². The molecule has 5 rings (SSSR count). The second-order valence-corrected chi connectivity index (χ2v) is 18.7. The molecule has 0 saturated carbocycles. The van der Waals surface area contributed by atoms with Gasteiger partial charge >= 0.3 is 17.9 Å². The van der Waals surface area contributed by atoms with Gasteiger partial charge in [-0.1, -0.05) is 99.8 Å². The lowest BCUT2D eigenvalue weighted by Gasteiger charge is -2.31. The standard InChI is InChI=1S/C53H61N5O14S/c1-6-9-12-21-41(44(7-2)58(35-59)72-52(64)38-22-25-40(26-23-38)57(4)73(5,66)67)49(61)54-34-55-51(63)46-29-28-45(71-46)39-24-27-42(47(30-39)68-8-3)50(62)56-43(53(65)70-33-37-19-15-11-16-20-37)31-48(60)69-32-36-17-13-10-14-18-36/h10-11,13-20,22-30,35,41,43-44H,6-9,12,21,31-34H2,1-5H3,(H,54,61)(H,55,63)(H,56,62)/t41-,43+,44-/m1/s1. The summed E-state index contributed by atoms with van der Waals surface area (Å²) < 4.78 is 47.5. The molecule has 73 heavy (non-hydrogen) atoms. The van der Waals surface area contributed by atoms with Crippen LogP contribution < -0.4 is 25.0 Å². The molecule has 388 valence electrons. The first kappa shape index (κ1) is 55.9. The van der Waals surface area contributed by atoms with Gasteiger partial charge in [0.25, 0.3) is 11.8 Å². The molecule has 0 aliphatic heterocycles. The number of rotatable bonds is 28. The zero-order valence-electron chi connectivity index (χ0n) is 41.4. The Hall–Kier alpha value is -8.00. The smallest absolute Gasteiger partial charge is 0.363 e. The second-order valence-electron chi connectivity index (χ2n) is 16.7. The first-order chi connectivity index (χ1) is 35.1. The first-order valence-corrected chi connectivity index (χ1v) is 25.5. The van der Waals surface area contributed by atoms with Crippen molar-refractivity contribution in [2.24, 2.45) is 5.92 Å². The second kappa shape index (κ2) is 27.6. The monoisotopic (exact) mass is 1020 g/mol. The lowest BCUT2D eigenvalue weighted by molar-refractivity contribution is -0.171. The molecule has 0 aliphatic rings. The summed E-state index contributed by atoms with van der Waals surface area (Å²) in [5.41, 5.74) is 2.24. The lowest BCUT2D eigenvalue weighted by atomic mass is 9.90. The molecule has 1 aromatic heterocycles. The number of carbonyl (C=O) groups excluding carboxylic acids is 7. The molecule has 4 aromatic carbocycles. The Morgan fingerprint density at radius 2 is 1.42 bits per heavy atom. The van der Waals surface area contributed by atoms with Crippen LogP contribution in [0.4, 0.5) is 5.69 Å². The Morgan fingerprint density at radius 1 is 0.767 bits per heavy atom. The van der Waals surface area contributed by atoms with Crippen molar-refractivity contribution in [3.63, 3.8) is 0 Å². The summed E-state index contributed by atoms with van der Waals surface area (Å²) in [5.74, 6) is -5.03. The maximum absolute atomic E-state index is 13.8. The third kappa shape index (κ3) is 16.5. The van der Waals surface area contributed by atoms with E-state index in [1.165, 1.54) is 55.6 Å². The number of sulfonamides is 1. The summed E-state index contributed by atoms with van der Waals surface area (Å²) in [5, 5.41) is 8.71. The van der Waals surface area contributed by atoms with Crippen LogP contribution in [0.15, 0.2) is 120 Å². The Labute approximate surface area is 424 Å². The molecule has 20 heteroatoms. The molecule has 3 N–H and O–H groups in total. The van der Waals surface area contributed by atoms with Crippen molar-refractivity contribution in [1.29, 1.82) is 0 Å². The van der Waals surface area contributed by atoms with Crippen molar-refractivity contribution in [3.05, 3.63) is 143 Å². The number of amides is 4. The molecule has 0 unspecified atom stereocenters. The van der Waals surface area contributed by atoms with Gasteiger partial charge in [0.15, 0.2) is 5.76 Å². The fourth-order valence-corrected chi connectivity index (χ4v) is 7.98. The first-order valence-electron chi connectivity index (χ1n) is 23.7. The van der Waals surface area contributed by atoms with Crippen molar-refractivity contribution in [2.45, 2.75) is 84.6 Å². The zero-order chi connectivity index (χ0) is 52.9. The van der Waals surface area contributed by atoms with E-state index in [1.807, 2.05) is 19.1 Å². The minimum absolute atomic E-state index is 0.0311. The minimum atomic E-state index is -3.55. The largest absolute Gasteiger partial charge is 0.493 e. The Kier molecular flexibility index (Phi) is 21.1. The van der Waals surface area contributed by atoms with E-state index in [2.05, 4.69) is 16.0 Å². The number of nitrogens with zero attached hydrogens (tertiary/aromatic N) is 2. The molecule has 0 bridgehead atoms. The molecule has 4 amide bonds. The van der Waals surface area contributed by atoms with E-state index in [-0.39, 0.29) is 61.3 Å². The number of ether oxygens (including phenoxy) is 3. The predicted molar refractivity (Wildman–Crippen MR) is 269 cm³/mol. The van der Waals surface area contributed by atoms with E-state index in [0.717, 1.165) is 34.0 Å². The summed E-state index contributed by atoms with van der Waals surface area (Å²) in [4.78, 5) is 98.2. The van der Waals surface area contributed by atoms with Gasteiger partial charge in [0.05, 0.1) is 54.7 Å². The van der Waals surface area contributed by atoms with Crippen molar-refractivity contribution in [1.82, 2.24) is 21.0 Å². The van der Waals surface area contributed by atoms with E-state index in [1.54, 1.807) is 68.4 Å². The Balaban J connectivity index is 1.23. The van der Waals surface area contributed by atoms with E-state index >= 15 is 0 Å². The number of unbranched alkanes of at least 4 members (excludes halogenated alkanes) is 2. The third-order valence-corrected chi connectivity index (χ3v) is 12.7. The highest BCUT2D eigenvalue weighted by atomic mass is 32.2. The van der Waals surface area contributed by atoms with Crippen molar-refractivity contribution in [3.8, 4) is 17.1 Å². The topological polar surface area (TPSA) is 246 Å². The summed E-state index contributed by atoms with van der Waals surface area (Å²) in [6.45, 7) is 5.13. The van der Waals surface area contributed by atoms with Gasteiger partial charge in [0, 0.05) is 12.6 Å². The molecule has 0 radical (unpaired) electrons. The number of hydrogen-bond donors (Lipinski definition) is 3. The highest BCUT2D eigenvalue weighted by Gasteiger charge is 2.34. The quantitative estimate of drug-likeness (QED) is 0.0155. The van der Waals surface area contributed by atoms with Crippen LogP contribution in [0.3, 0.4) is 0 Å². The van der Waals surface area contributed by atoms with Gasteiger partial charge in [0.1, 0.15) is 30.8 Å². The third-order valence-electron chi connectivity index (χ3n) is 11.5. The number of anilines is 1. The zero-order valence-corrected chi connectivity index (χ0v) is 42.2. The van der Waals surface area contributed by atoms with Crippen LogP contribution in [0.25, 0.3) is 11.3 Å². The number of nitrogens with one attached hydrogen (secondary N) is 3. The molecule has 19 nitrogen and oxygen atoms in total. The van der Waals surface area contributed by atoms with Gasteiger partial charge in [-0.05, 0) is 79.4 Å². The van der Waals surface area contributed by atoms with Crippen molar-refractivity contribution >= 4 is 57.8 Å². The number of benzene rings is 4. The average molecular weight is 1020 g/mol. The van der Waals surface area contributed by atoms with Crippen LogP contribution in [0.2, 0.25) is 0 Å². The van der Waals surface area contributed by atoms with Gasteiger partial charge in [-0.2, -0.15) is 5.06 Å².